The van der Waals surface area contributed by atoms with Crippen LogP contribution in [0.2, 0.25) is 0 Å². The molecule has 2 N–H and O–H groups in total. The molecule has 1 heterocycles. The van der Waals surface area contributed by atoms with Crippen LogP contribution >= 0.6 is 0 Å². The van der Waals surface area contributed by atoms with Crippen molar-refractivity contribution in [1.29, 1.82) is 0 Å². The maximum atomic E-state index is 12.8. The molecule has 6 heteroatoms. The van der Waals surface area contributed by atoms with Crippen molar-refractivity contribution in [2.75, 3.05) is 32.7 Å². The van der Waals surface area contributed by atoms with Crippen molar-refractivity contribution in [2.45, 2.75) is 0 Å². The number of hydrogen-bond donors (Lipinski definition) is 1. The van der Waals surface area contributed by atoms with E-state index in [2.05, 4.69) is 0 Å². The minimum absolute atomic E-state index is 0.00803. The number of amides is 2. The first-order chi connectivity index (χ1) is 9.11. The molecule has 0 aromatic heterocycles. The Balaban J connectivity index is 1.96. The first-order valence-electron chi connectivity index (χ1n) is 6.14. The zero-order chi connectivity index (χ0) is 13.8. The van der Waals surface area contributed by atoms with E-state index in [-0.39, 0.29) is 24.2 Å². The Bertz CT molecular complexity index is 467. The first-order valence-corrected chi connectivity index (χ1v) is 6.14. The zero-order valence-electron chi connectivity index (χ0n) is 10.5. The van der Waals surface area contributed by atoms with Crippen LogP contribution in [-0.2, 0) is 4.79 Å². The normalized spacial score (nSPS) is 15.5. The summed E-state index contributed by atoms with van der Waals surface area (Å²) in [6.45, 7) is 1.92. The molecule has 1 saturated heterocycles. The molecule has 0 spiro atoms. The van der Waals surface area contributed by atoms with Gasteiger partial charge in [0.2, 0.25) is 5.91 Å². The number of piperazine rings is 1. The molecule has 0 unspecified atom stereocenters. The molecule has 0 aliphatic carbocycles. The van der Waals surface area contributed by atoms with E-state index in [4.69, 9.17) is 5.73 Å². The standard InChI is InChI=1S/C13H16FN3O2/c14-11-3-1-10(2-4-11)13(19)17-7-5-16(6-8-17)12(18)9-15/h1-4H,5-9,15H2. The summed E-state index contributed by atoms with van der Waals surface area (Å²) >= 11 is 0. The highest BCUT2D eigenvalue weighted by molar-refractivity contribution is 5.94. The molecular formula is C13H16FN3O2. The van der Waals surface area contributed by atoms with Gasteiger partial charge in [0, 0.05) is 31.7 Å². The van der Waals surface area contributed by atoms with Crippen molar-refractivity contribution in [2.24, 2.45) is 5.73 Å². The lowest BCUT2D eigenvalue weighted by Crippen LogP contribution is -2.51. The Kier molecular flexibility index (Phi) is 4.11. The lowest BCUT2D eigenvalue weighted by Gasteiger charge is -2.34. The molecule has 5 nitrogen and oxygen atoms in total. The summed E-state index contributed by atoms with van der Waals surface area (Å²) in [5.41, 5.74) is 5.75. The zero-order valence-corrected chi connectivity index (χ0v) is 10.5. The van der Waals surface area contributed by atoms with Crippen LogP contribution in [0.5, 0.6) is 0 Å². The summed E-state index contributed by atoms with van der Waals surface area (Å²) < 4.78 is 12.8. The van der Waals surface area contributed by atoms with Gasteiger partial charge in [0.05, 0.1) is 6.54 Å². The number of benzene rings is 1. The van der Waals surface area contributed by atoms with Crippen molar-refractivity contribution in [3.05, 3.63) is 35.6 Å². The fourth-order valence-electron chi connectivity index (χ4n) is 2.06. The highest BCUT2D eigenvalue weighted by atomic mass is 19.1. The number of nitrogens with two attached hydrogens (primary N) is 1. The Hall–Kier alpha value is -1.95. The highest BCUT2D eigenvalue weighted by Gasteiger charge is 2.23. The summed E-state index contributed by atoms with van der Waals surface area (Å²) in [7, 11) is 0. The van der Waals surface area contributed by atoms with Crippen LogP contribution in [0.1, 0.15) is 10.4 Å². The van der Waals surface area contributed by atoms with Gasteiger partial charge in [0.1, 0.15) is 5.82 Å². The van der Waals surface area contributed by atoms with Gasteiger partial charge in [-0.2, -0.15) is 0 Å². The minimum atomic E-state index is -0.366. The molecular weight excluding hydrogens is 249 g/mol. The van der Waals surface area contributed by atoms with E-state index >= 15 is 0 Å². The SMILES string of the molecule is NCC(=O)N1CCN(C(=O)c2ccc(F)cc2)CC1. The van der Waals surface area contributed by atoms with Gasteiger partial charge in [0.15, 0.2) is 0 Å². The molecule has 1 aliphatic heterocycles. The second kappa shape index (κ2) is 5.79. The Morgan fingerprint density at radius 1 is 1.05 bits per heavy atom. The quantitative estimate of drug-likeness (QED) is 0.823. The van der Waals surface area contributed by atoms with Crippen molar-refractivity contribution in [3.8, 4) is 0 Å². The summed E-state index contributed by atoms with van der Waals surface area (Å²) in [5.74, 6) is -0.608. The fraction of sp³-hybridized carbons (Fsp3) is 0.385. The van der Waals surface area contributed by atoms with Crippen molar-refractivity contribution >= 4 is 11.8 Å². The predicted molar refractivity (Wildman–Crippen MR) is 67.9 cm³/mol. The number of carbonyl (C=O) groups excluding carboxylic acids is 2. The largest absolute Gasteiger partial charge is 0.338 e. The third-order valence-electron chi connectivity index (χ3n) is 3.19. The fourth-order valence-corrected chi connectivity index (χ4v) is 2.06. The third-order valence-corrected chi connectivity index (χ3v) is 3.19. The third kappa shape index (κ3) is 3.08. The van der Waals surface area contributed by atoms with Gasteiger partial charge in [0.25, 0.3) is 5.91 Å². The molecule has 19 heavy (non-hydrogen) atoms. The van der Waals surface area contributed by atoms with Crippen LogP contribution in [0.15, 0.2) is 24.3 Å². The van der Waals surface area contributed by atoms with E-state index in [1.54, 1.807) is 9.80 Å². The molecule has 0 bridgehead atoms. The smallest absolute Gasteiger partial charge is 0.253 e. The lowest BCUT2D eigenvalue weighted by atomic mass is 10.2. The Morgan fingerprint density at radius 2 is 1.58 bits per heavy atom. The maximum absolute atomic E-state index is 12.8. The molecule has 1 fully saturated rings. The van der Waals surface area contributed by atoms with E-state index in [1.807, 2.05) is 0 Å². The number of carbonyl (C=O) groups is 2. The average Bonchev–Trinajstić information content (AvgIpc) is 2.46. The summed E-state index contributed by atoms with van der Waals surface area (Å²) in [4.78, 5) is 26.8. The molecule has 0 radical (unpaired) electrons. The van der Waals surface area contributed by atoms with E-state index in [0.717, 1.165) is 0 Å². The molecule has 2 amide bonds. The minimum Gasteiger partial charge on any atom is -0.338 e. The summed E-state index contributed by atoms with van der Waals surface area (Å²) in [5, 5.41) is 0. The molecule has 102 valence electrons. The molecule has 0 atom stereocenters. The van der Waals surface area contributed by atoms with E-state index < -0.39 is 0 Å². The number of rotatable bonds is 2. The van der Waals surface area contributed by atoms with Crippen molar-refractivity contribution in [3.63, 3.8) is 0 Å². The molecule has 1 aromatic carbocycles. The summed E-state index contributed by atoms with van der Waals surface area (Å²) in [6.07, 6.45) is 0. The number of nitrogens with zero attached hydrogens (tertiary/aromatic N) is 2. The van der Waals surface area contributed by atoms with E-state index in [0.29, 0.717) is 31.7 Å². The molecule has 1 aromatic rings. The van der Waals surface area contributed by atoms with Crippen LogP contribution in [0.3, 0.4) is 0 Å². The lowest BCUT2D eigenvalue weighted by molar-refractivity contribution is -0.131. The van der Waals surface area contributed by atoms with Gasteiger partial charge >= 0.3 is 0 Å². The van der Waals surface area contributed by atoms with Gasteiger partial charge in [-0.15, -0.1) is 0 Å². The Labute approximate surface area is 110 Å². The monoisotopic (exact) mass is 265 g/mol. The van der Waals surface area contributed by atoms with E-state index in [9.17, 15) is 14.0 Å². The van der Waals surface area contributed by atoms with E-state index in [1.165, 1.54) is 24.3 Å². The average molecular weight is 265 g/mol. The molecule has 2 rings (SSSR count). The molecule has 0 saturated carbocycles. The van der Waals surface area contributed by atoms with Crippen molar-refractivity contribution < 1.29 is 14.0 Å². The van der Waals surface area contributed by atoms with Crippen LogP contribution in [0, 0.1) is 5.82 Å². The van der Waals surface area contributed by atoms with Gasteiger partial charge in [-0.3, -0.25) is 9.59 Å². The first kappa shape index (κ1) is 13.5. The van der Waals surface area contributed by atoms with Crippen molar-refractivity contribution in [1.82, 2.24) is 9.80 Å². The van der Waals surface area contributed by atoms with Crippen LogP contribution in [0.25, 0.3) is 0 Å². The Morgan fingerprint density at radius 3 is 2.11 bits per heavy atom. The predicted octanol–water partition coefficient (Wildman–Crippen LogP) is 0.0688. The topological polar surface area (TPSA) is 66.6 Å². The van der Waals surface area contributed by atoms with Gasteiger partial charge in [-0.25, -0.2) is 4.39 Å². The summed E-state index contributed by atoms with van der Waals surface area (Å²) in [6, 6.07) is 5.47. The van der Waals surface area contributed by atoms with Gasteiger partial charge < -0.3 is 15.5 Å². The molecule has 1 aliphatic rings. The second-order valence-electron chi connectivity index (χ2n) is 4.38. The van der Waals surface area contributed by atoms with Gasteiger partial charge in [-0.05, 0) is 24.3 Å². The second-order valence-corrected chi connectivity index (χ2v) is 4.38. The van der Waals surface area contributed by atoms with Crippen LogP contribution in [-0.4, -0.2) is 54.3 Å². The number of halogens is 1. The maximum Gasteiger partial charge on any atom is 0.253 e. The highest BCUT2D eigenvalue weighted by Crippen LogP contribution is 2.10. The van der Waals surface area contributed by atoms with Crippen LogP contribution < -0.4 is 5.73 Å². The van der Waals surface area contributed by atoms with Crippen LogP contribution in [0.4, 0.5) is 4.39 Å². The number of hydrogen-bond acceptors (Lipinski definition) is 3. The van der Waals surface area contributed by atoms with Gasteiger partial charge in [-0.1, -0.05) is 0 Å².